The van der Waals surface area contributed by atoms with Crippen molar-refractivity contribution >= 4 is 11.6 Å². The maximum atomic E-state index is 11.7. The number of phenols is 1. The molecule has 4 nitrogen and oxygen atoms in total. The Balaban J connectivity index is 2.62. The first-order chi connectivity index (χ1) is 7.50. The van der Waals surface area contributed by atoms with Gasteiger partial charge in [0.2, 0.25) is 0 Å². The van der Waals surface area contributed by atoms with Gasteiger partial charge in [0.1, 0.15) is 5.75 Å². The van der Waals surface area contributed by atoms with Gasteiger partial charge in [0.25, 0.3) is 5.91 Å². The zero-order valence-electron chi connectivity index (χ0n) is 9.66. The Hall–Kier alpha value is -1.71. The van der Waals surface area contributed by atoms with Crippen LogP contribution < -0.4 is 11.1 Å². The largest absolute Gasteiger partial charge is 0.508 e. The number of carbonyl (C=O) groups excluding carboxylic acids is 1. The molecular weight excluding hydrogens is 204 g/mol. The minimum atomic E-state index is -0.242. The number of rotatable bonds is 4. The van der Waals surface area contributed by atoms with Gasteiger partial charge in [-0.3, -0.25) is 4.79 Å². The molecule has 0 atom stereocenters. The fraction of sp³-hybridized carbons (Fsp3) is 0.417. The maximum Gasteiger partial charge on any atom is 0.253 e. The molecule has 88 valence electrons. The molecule has 0 saturated heterocycles. The van der Waals surface area contributed by atoms with Crippen LogP contribution in [-0.4, -0.2) is 17.6 Å². The first-order valence-electron chi connectivity index (χ1n) is 5.37. The van der Waals surface area contributed by atoms with Gasteiger partial charge in [-0.25, -0.2) is 0 Å². The molecule has 0 saturated carbocycles. The number of hydrogen-bond donors (Lipinski definition) is 3. The van der Waals surface area contributed by atoms with Crippen LogP contribution in [0.1, 0.15) is 30.6 Å². The fourth-order valence-corrected chi connectivity index (χ4v) is 1.31. The van der Waals surface area contributed by atoms with Gasteiger partial charge < -0.3 is 16.2 Å². The molecule has 0 bridgehead atoms. The smallest absolute Gasteiger partial charge is 0.253 e. The zero-order chi connectivity index (χ0) is 12.1. The molecule has 0 spiro atoms. The van der Waals surface area contributed by atoms with Crippen molar-refractivity contribution < 1.29 is 9.90 Å². The molecule has 4 N–H and O–H groups in total. The number of benzene rings is 1. The fourth-order valence-electron chi connectivity index (χ4n) is 1.31. The van der Waals surface area contributed by atoms with Crippen LogP contribution >= 0.6 is 0 Å². The van der Waals surface area contributed by atoms with Crippen LogP contribution in [0.15, 0.2) is 18.2 Å². The van der Waals surface area contributed by atoms with E-state index in [0.29, 0.717) is 23.7 Å². The molecule has 0 aromatic heterocycles. The van der Waals surface area contributed by atoms with E-state index in [9.17, 15) is 9.90 Å². The van der Waals surface area contributed by atoms with Gasteiger partial charge in [0.15, 0.2) is 0 Å². The second-order valence-electron chi connectivity index (χ2n) is 4.21. The highest BCUT2D eigenvalue weighted by atomic mass is 16.3. The van der Waals surface area contributed by atoms with Gasteiger partial charge in [0.05, 0.1) is 5.56 Å². The predicted molar refractivity (Wildman–Crippen MR) is 64.3 cm³/mol. The molecule has 0 heterocycles. The molecule has 4 heteroatoms. The van der Waals surface area contributed by atoms with E-state index in [1.54, 1.807) is 0 Å². The van der Waals surface area contributed by atoms with Gasteiger partial charge in [0, 0.05) is 12.2 Å². The zero-order valence-corrected chi connectivity index (χ0v) is 9.66. The van der Waals surface area contributed by atoms with E-state index in [0.717, 1.165) is 6.42 Å². The Morgan fingerprint density at radius 1 is 1.50 bits per heavy atom. The highest BCUT2D eigenvalue weighted by Crippen LogP contribution is 2.18. The number of nitrogens with two attached hydrogens (primary N) is 1. The SMILES string of the molecule is CC(C)CCNC(=O)c1cc(O)ccc1N. The predicted octanol–water partition coefficient (Wildman–Crippen LogP) is 1.75. The number of anilines is 1. The average molecular weight is 222 g/mol. The first kappa shape index (κ1) is 12.4. The Labute approximate surface area is 95.5 Å². The van der Waals surface area contributed by atoms with Gasteiger partial charge in [-0.2, -0.15) is 0 Å². The molecule has 0 radical (unpaired) electrons. The molecule has 1 rings (SSSR count). The highest BCUT2D eigenvalue weighted by Gasteiger charge is 2.09. The van der Waals surface area contributed by atoms with E-state index in [4.69, 9.17) is 5.73 Å². The van der Waals surface area contributed by atoms with Crippen LogP contribution in [0.3, 0.4) is 0 Å². The molecular formula is C12H18N2O2. The van der Waals surface area contributed by atoms with Crippen LogP contribution in [0.25, 0.3) is 0 Å². The van der Waals surface area contributed by atoms with E-state index in [2.05, 4.69) is 19.2 Å². The standard InChI is InChI=1S/C12H18N2O2/c1-8(2)5-6-14-12(16)10-7-9(15)3-4-11(10)13/h3-4,7-8,15H,5-6,13H2,1-2H3,(H,14,16). The molecule has 1 aromatic carbocycles. The Bertz CT molecular complexity index is 375. The third-order valence-electron chi connectivity index (χ3n) is 2.29. The van der Waals surface area contributed by atoms with Gasteiger partial charge in [-0.1, -0.05) is 13.8 Å². The number of amides is 1. The molecule has 0 aliphatic rings. The van der Waals surface area contributed by atoms with Crippen LogP contribution in [0.2, 0.25) is 0 Å². The first-order valence-corrected chi connectivity index (χ1v) is 5.37. The summed E-state index contributed by atoms with van der Waals surface area (Å²) in [6.07, 6.45) is 0.921. The van der Waals surface area contributed by atoms with Gasteiger partial charge in [-0.05, 0) is 30.5 Å². The highest BCUT2D eigenvalue weighted by molar-refractivity contribution is 5.99. The third kappa shape index (κ3) is 3.46. The number of nitrogen functional groups attached to an aromatic ring is 1. The van der Waals surface area contributed by atoms with Crippen molar-refractivity contribution in [3.63, 3.8) is 0 Å². The minimum Gasteiger partial charge on any atom is -0.508 e. The lowest BCUT2D eigenvalue weighted by Crippen LogP contribution is -2.26. The Morgan fingerprint density at radius 3 is 2.81 bits per heavy atom. The lowest BCUT2D eigenvalue weighted by molar-refractivity contribution is 0.0952. The van der Waals surface area contributed by atoms with E-state index >= 15 is 0 Å². The van der Waals surface area contributed by atoms with Crippen LogP contribution in [-0.2, 0) is 0 Å². The van der Waals surface area contributed by atoms with Crippen molar-refractivity contribution in [1.29, 1.82) is 0 Å². The topological polar surface area (TPSA) is 75.3 Å². The maximum absolute atomic E-state index is 11.7. The number of phenolic OH excluding ortho intramolecular Hbond substituents is 1. The quantitative estimate of drug-likeness (QED) is 0.536. The molecule has 0 aliphatic heterocycles. The van der Waals surface area contributed by atoms with Crippen molar-refractivity contribution in [2.24, 2.45) is 5.92 Å². The second kappa shape index (κ2) is 5.39. The summed E-state index contributed by atoms with van der Waals surface area (Å²) in [4.78, 5) is 11.7. The third-order valence-corrected chi connectivity index (χ3v) is 2.29. The number of nitrogens with one attached hydrogen (secondary N) is 1. The van der Waals surface area contributed by atoms with E-state index in [1.807, 2.05) is 0 Å². The number of carbonyl (C=O) groups is 1. The lowest BCUT2D eigenvalue weighted by Gasteiger charge is -2.09. The summed E-state index contributed by atoms with van der Waals surface area (Å²) in [5, 5.41) is 12.0. The van der Waals surface area contributed by atoms with E-state index in [-0.39, 0.29) is 11.7 Å². The van der Waals surface area contributed by atoms with Crippen molar-refractivity contribution in [3.05, 3.63) is 23.8 Å². The minimum absolute atomic E-state index is 0.0446. The molecule has 1 aromatic rings. The number of hydrogen-bond acceptors (Lipinski definition) is 3. The molecule has 0 unspecified atom stereocenters. The summed E-state index contributed by atoms with van der Waals surface area (Å²) in [5.41, 5.74) is 6.35. The Morgan fingerprint density at radius 2 is 2.19 bits per heavy atom. The van der Waals surface area contributed by atoms with Gasteiger partial charge >= 0.3 is 0 Å². The molecule has 0 fully saturated rings. The summed E-state index contributed by atoms with van der Waals surface area (Å²) >= 11 is 0. The monoisotopic (exact) mass is 222 g/mol. The van der Waals surface area contributed by atoms with Crippen molar-refractivity contribution in [1.82, 2.24) is 5.32 Å². The second-order valence-corrected chi connectivity index (χ2v) is 4.21. The van der Waals surface area contributed by atoms with E-state index in [1.165, 1.54) is 18.2 Å². The van der Waals surface area contributed by atoms with Crippen LogP contribution in [0, 0.1) is 5.92 Å². The Kier molecular flexibility index (Phi) is 4.17. The van der Waals surface area contributed by atoms with E-state index < -0.39 is 0 Å². The normalized spacial score (nSPS) is 10.4. The average Bonchev–Trinajstić information content (AvgIpc) is 2.21. The van der Waals surface area contributed by atoms with Crippen LogP contribution in [0.4, 0.5) is 5.69 Å². The molecule has 1 amide bonds. The summed E-state index contributed by atoms with van der Waals surface area (Å²) in [5.74, 6) is 0.346. The molecule has 0 aliphatic carbocycles. The summed E-state index contributed by atoms with van der Waals surface area (Å²) in [6.45, 7) is 4.80. The lowest BCUT2D eigenvalue weighted by atomic mass is 10.1. The summed E-state index contributed by atoms with van der Waals surface area (Å²) in [7, 11) is 0. The summed E-state index contributed by atoms with van der Waals surface area (Å²) in [6, 6.07) is 4.35. The van der Waals surface area contributed by atoms with Crippen molar-refractivity contribution in [2.75, 3.05) is 12.3 Å². The number of aromatic hydroxyl groups is 1. The molecule has 16 heavy (non-hydrogen) atoms. The van der Waals surface area contributed by atoms with Gasteiger partial charge in [-0.15, -0.1) is 0 Å². The van der Waals surface area contributed by atoms with Crippen molar-refractivity contribution in [2.45, 2.75) is 20.3 Å². The van der Waals surface area contributed by atoms with Crippen LogP contribution in [0.5, 0.6) is 5.75 Å². The van der Waals surface area contributed by atoms with Crippen molar-refractivity contribution in [3.8, 4) is 5.75 Å². The summed E-state index contributed by atoms with van der Waals surface area (Å²) < 4.78 is 0.